The zero-order chi connectivity index (χ0) is 14.3. The van der Waals surface area contributed by atoms with Crippen LogP contribution in [0.1, 0.15) is 71.1 Å². The SMILES string of the molecule is CCCCCCCCCCCCN.O=P(O)(O)O.[NaH]. The Morgan fingerprint density at radius 3 is 1.32 bits per heavy atom. The molecule has 7 heteroatoms. The summed E-state index contributed by atoms with van der Waals surface area (Å²) in [7, 11) is -4.64. The molecule has 0 aromatic heterocycles. The van der Waals surface area contributed by atoms with Crippen LogP contribution < -0.4 is 5.73 Å². The van der Waals surface area contributed by atoms with E-state index in [9.17, 15) is 0 Å². The fourth-order valence-electron chi connectivity index (χ4n) is 1.63. The van der Waals surface area contributed by atoms with E-state index in [-0.39, 0.29) is 29.6 Å². The Morgan fingerprint density at radius 2 is 1.05 bits per heavy atom. The molecule has 0 aromatic carbocycles. The van der Waals surface area contributed by atoms with Gasteiger partial charge in [-0.1, -0.05) is 64.7 Å². The molecule has 19 heavy (non-hydrogen) atoms. The molecule has 0 aliphatic heterocycles. The molecule has 0 saturated carbocycles. The molecule has 0 atom stereocenters. The van der Waals surface area contributed by atoms with Gasteiger partial charge in [0, 0.05) is 0 Å². The van der Waals surface area contributed by atoms with E-state index in [2.05, 4.69) is 6.92 Å². The number of hydrogen-bond acceptors (Lipinski definition) is 2. The van der Waals surface area contributed by atoms with Crippen LogP contribution in [0.25, 0.3) is 0 Å². The van der Waals surface area contributed by atoms with E-state index in [1.54, 1.807) is 0 Å². The normalized spacial score (nSPS) is 10.4. The fraction of sp³-hybridized carbons (Fsp3) is 1.00. The van der Waals surface area contributed by atoms with Crippen molar-refractivity contribution in [2.75, 3.05) is 6.54 Å². The summed E-state index contributed by atoms with van der Waals surface area (Å²) in [5.74, 6) is 0. The maximum atomic E-state index is 8.88. The quantitative estimate of drug-likeness (QED) is 0.282. The Hall–Kier alpha value is 1.07. The summed E-state index contributed by atoms with van der Waals surface area (Å²) >= 11 is 0. The summed E-state index contributed by atoms with van der Waals surface area (Å²) in [6, 6.07) is 0. The number of phosphoric acid groups is 1. The zero-order valence-corrected chi connectivity index (χ0v) is 12.4. The Kier molecular flexibility index (Phi) is 25.1. The van der Waals surface area contributed by atoms with Gasteiger partial charge in [0.05, 0.1) is 0 Å². The fourth-order valence-corrected chi connectivity index (χ4v) is 1.63. The van der Waals surface area contributed by atoms with Crippen LogP contribution in [0.5, 0.6) is 0 Å². The Bertz CT molecular complexity index is 184. The third kappa shape index (κ3) is 45.3. The molecule has 0 aliphatic carbocycles. The van der Waals surface area contributed by atoms with Gasteiger partial charge in [0.1, 0.15) is 0 Å². The van der Waals surface area contributed by atoms with Crippen molar-refractivity contribution in [3.05, 3.63) is 0 Å². The van der Waals surface area contributed by atoms with Gasteiger partial charge in [-0.15, -0.1) is 0 Å². The van der Waals surface area contributed by atoms with E-state index >= 15 is 0 Å². The van der Waals surface area contributed by atoms with Crippen LogP contribution in [-0.4, -0.2) is 50.8 Å². The molecule has 5 nitrogen and oxygen atoms in total. The van der Waals surface area contributed by atoms with Crippen molar-refractivity contribution in [1.82, 2.24) is 0 Å². The first kappa shape index (κ1) is 25.0. The molecule has 114 valence electrons. The molecule has 0 aromatic rings. The first-order valence-electron chi connectivity index (χ1n) is 6.90. The molecule has 0 aliphatic rings. The van der Waals surface area contributed by atoms with Gasteiger partial charge in [0.25, 0.3) is 0 Å². The van der Waals surface area contributed by atoms with Gasteiger partial charge in [0.2, 0.25) is 0 Å². The van der Waals surface area contributed by atoms with Gasteiger partial charge < -0.3 is 20.4 Å². The van der Waals surface area contributed by atoms with E-state index in [1.807, 2.05) is 0 Å². The second kappa shape index (κ2) is 19.1. The molecule has 0 heterocycles. The van der Waals surface area contributed by atoms with Crippen LogP contribution >= 0.6 is 7.82 Å². The van der Waals surface area contributed by atoms with Crippen molar-refractivity contribution in [3.63, 3.8) is 0 Å². The number of hydrogen-bond donors (Lipinski definition) is 4. The van der Waals surface area contributed by atoms with Gasteiger partial charge >= 0.3 is 37.4 Å². The topological polar surface area (TPSA) is 104 Å². The van der Waals surface area contributed by atoms with Crippen molar-refractivity contribution in [2.45, 2.75) is 71.1 Å². The molecule has 0 amide bonds. The first-order chi connectivity index (χ1) is 8.41. The van der Waals surface area contributed by atoms with E-state index in [1.165, 1.54) is 64.2 Å². The molecule has 0 saturated heterocycles. The van der Waals surface area contributed by atoms with Gasteiger partial charge in [-0.25, -0.2) is 4.57 Å². The standard InChI is InChI=1S/C12H27N.Na.H3O4P.H/c1-2-3-4-5-6-7-8-9-10-11-12-13;;1-5(2,3)4;/h2-13H2,1H3;;(H3,1,2,3,4);. The average Bonchev–Trinajstić information content (AvgIpc) is 2.25. The number of rotatable bonds is 10. The summed E-state index contributed by atoms with van der Waals surface area (Å²) in [4.78, 5) is 21.6. The van der Waals surface area contributed by atoms with Crippen LogP contribution in [0.15, 0.2) is 0 Å². The summed E-state index contributed by atoms with van der Waals surface area (Å²) < 4.78 is 8.88. The predicted molar refractivity (Wildman–Crippen MR) is 82.3 cm³/mol. The second-order valence-electron chi connectivity index (χ2n) is 4.48. The molecule has 0 radical (unpaired) electrons. The van der Waals surface area contributed by atoms with Crippen molar-refractivity contribution in [1.29, 1.82) is 0 Å². The van der Waals surface area contributed by atoms with Gasteiger partial charge in [-0.05, 0) is 13.0 Å². The monoisotopic (exact) mass is 307 g/mol. The van der Waals surface area contributed by atoms with Crippen molar-refractivity contribution in [3.8, 4) is 0 Å². The molecule has 0 bridgehead atoms. The van der Waals surface area contributed by atoms with E-state index < -0.39 is 7.82 Å². The molecule has 5 N–H and O–H groups in total. The predicted octanol–water partition coefficient (Wildman–Crippen LogP) is 2.29. The van der Waals surface area contributed by atoms with Crippen LogP contribution in [0.3, 0.4) is 0 Å². The van der Waals surface area contributed by atoms with Crippen LogP contribution in [0.2, 0.25) is 0 Å². The van der Waals surface area contributed by atoms with Crippen LogP contribution in [-0.2, 0) is 4.57 Å². The molecule has 0 rings (SSSR count). The summed E-state index contributed by atoms with van der Waals surface area (Å²) in [6.45, 7) is 3.14. The Balaban J connectivity index is -0.000000366. The minimum absolute atomic E-state index is 0. The molecular weight excluding hydrogens is 276 g/mol. The molecule has 0 spiro atoms. The Morgan fingerprint density at radius 1 is 0.789 bits per heavy atom. The average molecular weight is 307 g/mol. The third-order valence-electron chi connectivity index (χ3n) is 2.56. The first-order valence-corrected chi connectivity index (χ1v) is 8.46. The minimum atomic E-state index is -4.64. The Labute approximate surface area is 139 Å². The maximum absolute atomic E-state index is 8.88. The number of nitrogens with two attached hydrogens (primary N) is 1. The van der Waals surface area contributed by atoms with Gasteiger partial charge in [-0.2, -0.15) is 0 Å². The van der Waals surface area contributed by atoms with Crippen molar-refractivity contribution in [2.24, 2.45) is 5.73 Å². The summed E-state index contributed by atoms with van der Waals surface area (Å²) in [5.41, 5.74) is 5.42. The summed E-state index contributed by atoms with van der Waals surface area (Å²) in [5, 5.41) is 0. The van der Waals surface area contributed by atoms with E-state index in [0.29, 0.717) is 0 Å². The molecular formula is C12H31NNaO4P. The zero-order valence-electron chi connectivity index (χ0n) is 11.6. The molecule has 0 fully saturated rings. The molecule has 0 unspecified atom stereocenters. The third-order valence-corrected chi connectivity index (χ3v) is 2.56. The van der Waals surface area contributed by atoms with Crippen LogP contribution in [0, 0.1) is 0 Å². The van der Waals surface area contributed by atoms with Gasteiger partial charge in [0.15, 0.2) is 0 Å². The second-order valence-corrected chi connectivity index (χ2v) is 5.51. The van der Waals surface area contributed by atoms with Crippen molar-refractivity contribution < 1.29 is 19.2 Å². The van der Waals surface area contributed by atoms with E-state index in [0.717, 1.165) is 6.54 Å². The summed E-state index contributed by atoms with van der Waals surface area (Å²) in [6.07, 6.45) is 13.9. The van der Waals surface area contributed by atoms with Crippen LogP contribution in [0.4, 0.5) is 0 Å². The van der Waals surface area contributed by atoms with E-state index in [4.69, 9.17) is 25.0 Å². The van der Waals surface area contributed by atoms with Crippen molar-refractivity contribution >= 4 is 37.4 Å². The van der Waals surface area contributed by atoms with Gasteiger partial charge in [-0.3, -0.25) is 0 Å². The number of unbranched alkanes of at least 4 members (excludes halogenated alkanes) is 9.